The van der Waals surface area contributed by atoms with Gasteiger partial charge in [0.1, 0.15) is 11.6 Å². The Morgan fingerprint density at radius 2 is 1.90 bits per heavy atom. The average molecular weight is 399 g/mol. The van der Waals surface area contributed by atoms with Crippen molar-refractivity contribution >= 4 is 16.8 Å². The number of rotatable bonds is 5. The molecule has 2 saturated carbocycles. The molecule has 0 spiro atoms. The van der Waals surface area contributed by atoms with E-state index in [0.717, 1.165) is 53.7 Å². The van der Waals surface area contributed by atoms with Crippen LogP contribution in [0.1, 0.15) is 67.1 Å². The van der Waals surface area contributed by atoms with Gasteiger partial charge in [-0.3, -0.25) is 4.79 Å². The molecule has 5 heteroatoms. The van der Waals surface area contributed by atoms with Crippen LogP contribution in [0.15, 0.2) is 42.5 Å². The molecule has 1 aromatic heterocycles. The molecule has 2 aliphatic rings. The molecule has 30 heavy (non-hydrogen) atoms. The molecule has 0 amide bonds. The molecule has 3 aromatic rings. The lowest BCUT2D eigenvalue weighted by Gasteiger charge is -2.19. The number of hydrogen-bond donors (Lipinski definition) is 1. The topological polar surface area (TPSA) is 84.7 Å². The van der Waals surface area contributed by atoms with Crippen LogP contribution in [-0.4, -0.2) is 15.3 Å². The summed E-state index contributed by atoms with van der Waals surface area (Å²) >= 11 is 0. The molecule has 5 rings (SSSR count). The van der Waals surface area contributed by atoms with Crippen LogP contribution < -0.4 is 5.73 Å². The lowest BCUT2D eigenvalue weighted by atomic mass is 9.83. The van der Waals surface area contributed by atoms with E-state index in [-0.39, 0.29) is 17.4 Å². The number of benzene rings is 2. The molecule has 1 atom stereocenters. The number of nitrogens with two attached hydrogens (primary N) is 1. The zero-order valence-electron chi connectivity index (χ0n) is 17.3. The number of nitriles is 1. The summed E-state index contributed by atoms with van der Waals surface area (Å²) in [5.74, 6) is 1.47. The zero-order valence-corrected chi connectivity index (χ0v) is 17.3. The van der Waals surface area contributed by atoms with Crippen LogP contribution >= 0.6 is 0 Å². The maximum Gasteiger partial charge on any atom is 0.146 e. The summed E-state index contributed by atoms with van der Waals surface area (Å²) in [5.41, 5.74) is 10.8. The van der Waals surface area contributed by atoms with E-state index in [1.54, 1.807) is 12.1 Å². The minimum atomic E-state index is -0.381. The fourth-order valence-electron chi connectivity index (χ4n) is 5.09. The van der Waals surface area contributed by atoms with E-state index in [2.05, 4.69) is 24.3 Å². The Morgan fingerprint density at radius 1 is 1.20 bits per heavy atom. The second-order valence-electron chi connectivity index (χ2n) is 8.87. The van der Waals surface area contributed by atoms with Crippen LogP contribution in [0.25, 0.3) is 11.0 Å². The maximum atomic E-state index is 13.2. The first-order valence-electron chi connectivity index (χ1n) is 10.8. The van der Waals surface area contributed by atoms with E-state index in [0.29, 0.717) is 11.3 Å². The molecule has 0 radical (unpaired) electrons. The molecule has 1 unspecified atom stereocenters. The Hall–Kier alpha value is -2.97. The largest absolute Gasteiger partial charge is 0.330 e. The van der Waals surface area contributed by atoms with Crippen molar-refractivity contribution in [3.63, 3.8) is 0 Å². The van der Waals surface area contributed by atoms with Crippen molar-refractivity contribution in [3.05, 3.63) is 65.0 Å². The van der Waals surface area contributed by atoms with Crippen LogP contribution in [0.5, 0.6) is 0 Å². The van der Waals surface area contributed by atoms with Crippen LogP contribution in [0.3, 0.4) is 0 Å². The zero-order chi connectivity index (χ0) is 20.9. The Bertz CT molecular complexity index is 1160. The molecule has 0 saturated heterocycles. The summed E-state index contributed by atoms with van der Waals surface area (Å²) < 4.78 is 2.03. The fourth-order valence-corrected chi connectivity index (χ4v) is 5.09. The van der Waals surface area contributed by atoms with Crippen molar-refractivity contribution < 1.29 is 4.79 Å². The van der Waals surface area contributed by atoms with Gasteiger partial charge in [0.15, 0.2) is 0 Å². The number of Topliss-reactive ketones (excluding diaryl/α,β-unsaturated/α-hetero) is 1. The van der Waals surface area contributed by atoms with Crippen LogP contribution in [0.2, 0.25) is 0 Å². The van der Waals surface area contributed by atoms with E-state index in [1.165, 1.54) is 12.8 Å². The molecule has 2 fully saturated rings. The first-order valence-corrected chi connectivity index (χ1v) is 10.8. The van der Waals surface area contributed by atoms with Crippen molar-refractivity contribution in [1.29, 1.82) is 5.26 Å². The van der Waals surface area contributed by atoms with Crippen molar-refractivity contribution in [2.75, 3.05) is 0 Å². The standard InChI is InChI=1S/C25H26N4O/c1-29-21-11-10-19(25(12-13-25)23(30)18-4-2-3-5-18)14-20(21)28-24(29)22(27)17-8-6-16(15-26)7-9-17/h6-11,14,18,22H,2-5,12-13,27H2,1H3. The van der Waals surface area contributed by atoms with E-state index < -0.39 is 0 Å². The Labute approximate surface area is 176 Å². The molecule has 1 heterocycles. The fraction of sp³-hybridized carbons (Fsp3) is 0.400. The normalized spacial score (nSPS) is 19.0. The van der Waals surface area contributed by atoms with E-state index in [4.69, 9.17) is 16.0 Å². The molecule has 2 aliphatic carbocycles. The first-order chi connectivity index (χ1) is 14.5. The van der Waals surface area contributed by atoms with Gasteiger partial charge in [0.05, 0.1) is 34.1 Å². The molecule has 152 valence electrons. The van der Waals surface area contributed by atoms with Gasteiger partial charge in [-0.2, -0.15) is 5.26 Å². The van der Waals surface area contributed by atoms with Gasteiger partial charge in [0.2, 0.25) is 0 Å². The third-order valence-electron chi connectivity index (χ3n) is 7.09. The quantitative estimate of drug-likeness (QED) is 0.695. The van der Waals surface area contributed by atoms with Crippen molar-refractivity contribution in [3.8, 4) is 6.07 Å². The lowest BCUT2D eigenvalue weighted by Crippen LogP contribution is -2.26. The molecule has 2 aromatic carbocycles. The highest BCUT2D eigenvalue weighted by Gasteiger charge is 2.53. The molecular formula is C25H26N4O. The minimum absolute atomic E-state index is 0.243. The average Bonchev–Trinajstić information content (AvgIpc) is 3.27. The predicted molar refractivity (Wildman–Crippen MR) is 116 cm³/mol. The monoisotopic (exact) mass is 398 g/mol. The van der Waals surface area contributed by atoms with Crippen LogP contribution in [-0.2, 0) is 17.3 Å². The number of ketones is 1. The third kappa shape index (κ3) is 2.95. The first kappa shape index (κ1) is 19.0. The number of nitrogens with zero attached hydrogens (tertiary/aromatic N) is 3. The van der Waals surface area contributed by atoms with Crippen molar-refractivity contribution in [2.45, 2.75) is 50.0 Å². The number of hydrogen-bond acceptors (Lipinski definition) is 4. The number of carbonyl (C=O) groups excluding carboxylic acids is 1. The molecule has 2 N–H and O–H groups in total. The van der Waals surface area contributed by atoms with E-state index in [1.807, 2.05) is 23.7 Å². The van der Waals surface area contributed by atoms with Gasteiger partial charge >= 0.3 is 0 Å². The highest BCUT2D eigenvalue weighted by molar-refractivity contribution is 5.96. The summed E-state index contributed by atoms with van der Waals surface area (Å²) in [4.78, 5) is 18.1. The van der Waals surface area contributed by atoms with E-state index in [9.17, 15) is 4.79 Å². The highest BCUT2D eigenvalue weighted by Crippen LogP contribution is 2.52. The Balaban J connectivity index is 1.49. The second-order valence-corrected chi connectivity index (χ2v) is 8.87. The van der Waals surface area contributed by atoms with E-state index >= 15 is 0 Å². The van der Waals surface area contributed by atoms with Crippen LogP contribution in [0.4, 0.5) is 0 Å². The van der Waals surface area contributed by atoms with Gasteiger partial charge in [-0.1, -0.05) is 31.0 Å². The second kappa shape index (κ2) is 7.07. The van der Waals surface area contributed by atoms with Gasteiger partial charge in [0.25, 0.3) is 0 Å². The number of fused-ring (bicyclic) bond motifs is 1. The van der Waals surface area contributed by atoms with Gasteiger partial charge in [0, 0.05) is 13.0 Å². The smallest absolute Gasteiger partial charge is 0.146 e. The number of imidazole rings is 1. The summed E-state index contributed by atoms with van der Waals surface area (Å²) in [7, 11) is 1.98. The summed E-state index contributed by atoms with van der Waals surface area (Å²) in [5, 5.41) is 9.01. The van der Waals surface area contributed by atoms with Crippen LogP contribution in [0, 0.1) is 17.2 Å². The third-order valence-corrected chi connectivity index (χ3v) is 7.09. The molecule has 0 aliphatic heterocycles. The minimum Gasteiger partial charge on any atom is -0.330 e. The van der Waals surface area contributed by atoms with Gasteiger partial charge in [-0.05, 0) is 61.1 Å². The van der Waals surface area contributed by atoms with Crippen molar-refractivity contribution in [2.24, 2.45) is 18.7 Å². The SMILES string of the molecule is Cn1c(C(N)c2ccc(C#N)cc2)nc2cc(C3(C(=O)C4CCCC4)CC3)ccc21. The summed E-state index contributed by atoms with van der Waals surface area (Å²) in [6.45, 7) is 0. The molecule has 5 nitrogen and oxygen atoms in total. The highest BCUT2D eigenvalue weighted by atomic mass is 16.1. The van der Waals surface area contributed by atoms with Crippen molar-refractivity contribution in [1.82, 2.24) is 9.55 Å². The number of aryl methyl sites for hydroxylation is 1. The maximum absolute atomic E-state index is 13.2. The van der Waals surface area contributed by atoms with Gasteiger partial charge in [-0.25, -0.2) is 4.98 Å². The lowest BCUT2D eigenvalue weighted by molar-refractivity contribution is -0.125. The summed E-state index contributed by atoms with van der Waals surface area (Å²) in [6.07, 6.45) is 6.38. The predicted octanol–water partition coefficient (Wildman–Crippen LogP) is 4.28. The van der Waals surface area contributed by atoms with Gasteiger partial charge in [-0.15, -0.1) is 0 Å². The van der Waals surface area contributed by atoms with Gasteiger partial charge < -0.3 is 10.3 Å². The number of carbonyl (C=O) groups is 1. The molecule has 0 bridgehead atoms. The Morgan fingerprint density at radius 3 is 2.53 bits per heavy atom. The molecular weight excluding hydrogens is 372 g/mol. The summed E-state index contributed by atoms with van der Waals surface area (Å²) in [6, 6.07) is 15.4. The Kier molecular flexibility index (Phi) is 4.48. The number of aromatic nitrogens is 2.